The SMILES string of the molecule is CNC(Cc1nc(C)cs1)c1ccccc1. The average molecular weight is 232 g/mol. The summed E-state index contributed by atoms with van der Waals surface area (Å²) < 4.78 is 0. The van der Waals surface area contributed by atoms with Crippen LogP contribution in [0.4, 0.5) is 0 Å². The first-order chi connectivity index (χ1) is 7.79. The van der Waals surface area contributed by atoms with Gasteiger partial charge in [-0.1, -0.05) is 30.3 Å². The molecule has 2 nitrogen and oxygen atoms in total. The Bertz CT molecular complexity index is 436. The van der Waals surface area contributed by atoms with Crippen LogP contribution in [0, 0.1) is 6.92 Å². The molecule has 0 amide bonds. The minimum atomic E-state index is 0.353. The van der Waals surface area contributed by atoms with Crippen LogP contribution in [0.25, 0.3) is 0 Å². The van der Waals surface area contributed by atoms with Crippen LogP contribution >= 0.6 is 11.3 Å². The van der Waals surface area contributed by atoms with Gasteiger partial charge in [0.15, 0.2) is 0 Å². The summed E-state index contributed by atoms with van der Waals surface area (Å²) in [7, 11) is 2.00. The lowest BCUT2D eigenvalue weighted by Crippen LogP contribution is -2.18. The Hall–Kier alpha value is -1.19. The molecule has 1 atom stereocenters. The van der Waals surface area contributed by atoms with Gasteiger partial charge in [-0.05, 0) is 19.5 Å². The van der Waals surface area contributed by atoms with E-state index in [1.165, 1.54) is 10.6 Å². The number of hydrogen-bond acceptors (Lipinski definition) is 3. The maximum atomic E-state index is 4.50. The molecule has 0 spiro atoms. The second-order valence-corrected chi connectivity index (χ2v) is 4.78. The fourth-order valence-electron chi connectivity index (χ4n) is 1.74. The highest BCUT2D eigenvalue weighted by molar-refractivity contribution is 7.09. The van der Waals surface area contributed by atoms with Gasteiger partial charge in [0.25, 0.3) is 0 Å². The first kappa shape index (κ1) is 11.3. The molecule has 1 heterocycles. The molecule has 0 saturated heterocycles. The molecule has 0 aliphatic carbocycles. The van der Waals surface area contributed by atoms with E-state index >= 15 is 0 Å². The number of thiazole rings is 1. The number of nitrogens with one attached hydrogen (secondary N) is 1. The van der Waals surface area contributed by atoms with Crippen LogP contribution in [0.3, 0.4) is 0 Å². The summed E-state index contributed by atoms with van der Waals surface area (Å²) >= 11 is 1.74. The highest BCUT2D eigenvalue weighted by Gasteiger charge is 2.11. The van der Waals surface area contributed by atoms with Crippen LogP contribution in [0.5, 0.6) is 0 Å². The molecule has 1 N–H and O–H groups in total. The molecule has 0 radical (unpaired) electrons. The molecule has 3 heteroatoms. The Balaban J connectivity index is 2.12. The number of aryl methyl sites for hydroxylation is 1. The highest BCUT2D eigenvalue weighted by Crippen LogP contribution is 2.20. The molecule has 1 aromatic carbocycles. The van der Waals surface area contributed by atoms with Crippen molar-refractivity contribution in [3.63, 3.8) is 0 Å². The van der Waals surface area contributed by atoms with E-state index in [0.717, 1.165) is 12.1 Å². The Morgan fingerprint density at radius 1 is 1.31 bits per heavy atom. The summed E-state index contributed by atoms with van der Waals surface area (Å²) in [6, 6.07) is 10.9. The second kappa shape index (κ2) is 5.23. The Morgan fingerprint density at radius 3 is 2.62 bits per heavy atom. The molecule has 84 valence electrons. The number of likely N-dealkylation sites (N-methyl/N-ethyl adjacent to an activating group) is 1. The average Bonchev–Trinajstić information content (AvgIpc) is 2.73. The van der Waals surface area contributed by atoms with Crippen molar-refractivity contribution in [3.05, 3.63) is 52.0 Å². The second-order valence-electron chi connectivity index (χ2n) is 3.84. The van der Waals surface area contributed by atoms with E-state index in [0.29, 0.717) is 6.04 Å². The van der Waals surface area contributed by atoms with E-state index in [-0.39, 0.29) is 0 Å². The van der Waals surface area contributed by atoms with E-state index in [9.17, 15) is 0 Å². The molecule has 0 aliphatic heterocycles. The summed E-state index contributed by atoms with van der Waals surface area (Å²) in [5.41, 5.74) is 2.43. The van der Waals surface area contributed by atoms with Gasteiger partial charge in [-0.15, -0.1) is 11.3 Å². The van der Waals surface area contributed by atoms with E-state index in [4.69, 9.17) is 0 Å². The zero-order chi connectivity index (χ0) is 11.4. The van der Waals surface area contributed by atoms with Crippen LogP contribution in [-0.4, -0.2) is 12.0 Å². The monoisotopic (exact) mass is 232 g/mol. The molecule has 2 rings (SSSR count). The molecule has 0 saturated carbocycles. The first-order valence-electron chi connectivity index (χ1n) is 5.43. The Morgan fingerprint density at radius 2 is 2.06 bits per heavy atom. The van der Waals surface area contributed by atoms with Crippen molar-refractivity contribution in [2.24, 2.45) is 0 Å². The zero-order valence-corrected chi connectivity index (χ0v) is 10.4. The van der Waals surface area contributed by atoms with Crippen molar-refractivity contribution in [1.29, 1.82) is 0 Å². The summed E-state index contributed by atoms with van der Waals surface area (Å²) in [4.78, 5) is 4.50. The topological polar surface area (TPSA) is 24.9 Å². The summed E-state index contributed by atoms with van der Waals surface area (Å²) in [6.07, 6.45) is 0.957. The third-order valence-electron chi connectivity index (χ3n) is 2.60. The molecular formula is C13H16N2S. The van der Waals surface area contributed by atoms with Crippen LogP contribution in [0.1, 0.15) is 22.3 Å². The fraction of sp³-hybridized carbons (Fsp3) is 0.308. The Kier molecular flexibility index (Phi) is 3.70. The quantitative estimate of drug-likeness (QED) is 0.876. The summed E-state index contributed by atoms with van der Waals surface area (Å²) in [5.74, 6) is 0. The van der Waals surface area contributed by atoms with Crippen LogP contribution in [-0.2, 0) is 6.42 Å². The number of aromatic nitrogens is 1. The van der Waals surface area contributed by atoms with Crippen LogP contribution < -0.4 is 5.32 Å². The lowest BCUT2D eigenvalue weighted by molar-refractivity contribution is 0.590. The van der Waals surface area contributed by atoms with E-state index < -0.39 is 0 Å². The molecule has 0 bridgehead atoms. The van der Waals surface area contributed by atoms with Gasteiger partial charge in [0, 0.05) is 23.5 Å². The van der Waals surface area contributed by atoms with Crippen LogP contribution in [0.2, 0.25) is 0 Å². The number of benzene rings is 1. The maximum Gasteiger partial charge on any atom is 0.0947 e. The van der Waals surface area contributed by atoms with E-state index in [2.05, 4.69) is 39.9 Å². The number of rotatable bonds is 4. The van der Waals surface area contributed by atoms with Crippen LogP contribution in [0.15, 0.2) is 35.7 Å². The van der Waals surface area contributed by atoms with Gasteiger partial charge in [-0.25, -0.2) is 4.98 Å². The predicted octanol–water partition coefficient (Wildman–Crippen LogP) is 2.95. The lowest BCUT2D eigenvalue weighted by Gasteiger charge is -2.14. The van der Waals surface area contributed by atoms with E-state index in [1.807, 2.05) is 20.0 Å². The van der Waals surface area contributed by atoms with Crippen molar-refractivity contribution in [2.75, 3.05) is 7.05 Å². The normalized spacial score (nSPS) is 12.6. The minimum absolute atomic E-state index is 0.353. The molecule has 0 aliphatic rings. The molecule has 0 fully saturated rings. The smallest absolute Gasteiger partial charge is 0.0947 e. The third-order valence-corrected chi connectivity index (χ3v) is 3.58. The van der Waals surface area contributed by atoms with Crippen molar-refractivity contribution in [1.82, 2.24) is 10.3 Å². The summed E-state index contributed by atoms with van der Waals surface area (Å²) in [6.45, 7) is 2.04. The number of nitrogens with zero attached hydrogens (tertiary/aromatic N) is 1. The first-order valence-corrected chi connectivity index (χ1v) is 6.31. The molecule has 1 aromatic heterocycles. The van der Waals surface area contributed by atoms with Crippen molar-refractivity contribution >= 4 is 11.3 Å². The van der Waals surface area contributed by atoms with Crippen molar-refractivity contribution in [2.45, 2.75) is 19.4 Å². The van der Waals surface area contributed by atoms with Gasteiger partial charge in [0.1, 0.15) is 0 Å². The highest BCUT2D eigenvalue weighted by atomic mass is 32.1. The van der Waals surface area contributed by atoms with Crippen molar-refractivity contribution < 1.29 is 0 Å². The Labute approximate surface area is 100 Å². The third kappa shape index (κ3) is 2.68. The standard InChI is InChI=1S/C13H16N2S/c1-10-9-16-13(15-10)8-12(14-2)11-6-4-3-5-7-11/h3-7,9,12,14H,8H2,1-2H3. The minimum Gasteiger partial charge on any atom is -0.313 e. The van der Waals surface area contributed by atoms with E-state index in [1.54, 1.807) is 11.3 Å². The van der Waals surface area contributed by atoms with Gasteiger partial charge >= 0.3 is 0 Å². The maximum absolute atomic E-state index is 4.50. The molecule has 1 unspecified atom stereocenters. The van der Waals surface area contributed by atoms with Gasteiger partial charge < -0.3 is 5.32 Å². The molecular weight excluding hydrogens is 216 g/mol. The molecule has 2 aromatic rings. The van der Waals surface area contributed by atoms with Gasteiger partial charge in [-0.2, -0.15) is 0 Å². The summed E-state index contributed by atoms with van der Waals surface area (Å²) in [5, 5.41) is 6.64. The number of hydrogen-bond donors (Lipinski definition) is 1. The largest absolute Gasteiger partial charge is 0.313 e. The van der Waals surface area contributed by atoms with Gasteiger partial charge in [0.2, 0.25) is 0 Å². The predicted molar refractivity (Wildman–Crippen MR) is 68.8 cm³/mol. The van der Waals surface area contributed by atoms with Gasteiger partial charge in [-0.3, -0.25) is 0 Å². The van der Waals surface area contributed by atoms with Crippen molar-refractivity contribution in [3.8, 4) is 0 Å². The zero-order valence-electron chi connectivity index (χ0n) is 9.60. The fourth-order valence-corrected chi connectivity index (χ4v) is 2.56. The lowest BCUT2D eigenvalue weighted by atomic mass is 10.0. The molecule has 16 heavy (non-hydrogen) atoms. The van der Waals surface area contributed by atoms with Gasteiger partial charge in [0.05, 0.1) is 5.01 Å².